The predicted octanol–water partition coefficient (Wildman–Crippen LogP) is 4.53. The van der Waals surface area contributed by atoms with Crippen molar-refractivity contribution in [2.75, 3.05) is 13.2 Å². The van der Waals surface area contributed by atoms with Crippen LogP contribution in [0.2, 0.25) is 10.0 Å². The van der Waals surface area contributed by atoms with E-state index < -0.39 is 0 Å². The van der Waals surface area contributed by atoms with E-state index in [0.29, 0.717) is 34.7 Å². The quantitative estimate of drug-likeness (QED) is 0.418. The van der Waals surface area contributed by atoms with Crippen LogP contribution in [0.3, 0.4) is 0 Å². The molecule has 2 rings (SSSR count). The Kier molecular flexibility index (Phi) is 7.46. The van der Waals surface area contributed by atoms with Crippen molar-refractivity contribution in [2.24, 2.45) is 5.10 Å². The van der Waals surface area contributed by atoms with Crippen molar-refractivity contribution in [1.29, 1.82) is 0 Å². The molecule has 0 saturated carbocycles. The molecule has 0 radical (unpaired) electrons. The second-order valence-corrected chi connectivity index (χ2v) is 5.74. The molecule has 6 heteroatoms. The van der Waals surface area contributed by atoms with E-state index in [0.717, 1.165) is 11.1 Å². The lowest BCUT2D eigenvalue weighted by molar-refractivity contribution is 0.299. The van der Waals surface area contributed by atoms with E-state index in [9.17, 15) is 0 Å². The van der Waals surface area contributed by atoms with Gasteiger partial charge in [-0.25, -0.2) is 0 Å². The second-order valence-electron chi connectivity index (χ2n) is 4.93. The van der Waals surface area contributed by atoms with Gasteiger partial charge >= 0.3 is 0 Å². The zero-order valence-electron chi connectivity index (χ0n) is 13.8. The smallest absolute Gasteiger partial charge is 0.162 e. The fourth-order valence-electron chi connectivity index (χ4n) is 2.06. The number of terminal acetylenes is 1. The summed E-state index contributed by atoms with van der Waals surface area (Å²) in [6.07, 6.45) is 6.90. The van der Waals surface area contributed by atoms with Gasteiger partial charge in [-0.1, -0.05) is 35.2 Å². The summed E-state index contributed by atoms with van der Waals surface area (Å²) in [4.78, 5) is 0. The molecule has 130 valence electrons. The largest absolute Gasteiger partial charge is 0.490 e. The van der Waals surface area contributed by atoms with Crippen molar-refractivity contribution in [2.45, 2.75) is 13.5 Å². The van der Waals surface area contributed by atoms with Crippen LogP contribution in [0.25, 0.3) is 0 Å². The Morgan fingerprint density at radius 3 is 2.60 bits per heavy atom. The Morgan fingerprint density at radius 1 is 1.16 bits per heavy atom. The maximum atomic E-state index is 6.12. The Hall–Kier alpha value is -2.35. The van der Waals surface area contributed by atoms with Crippen LogP contribution in [0, 0.1) is 12.3 Å². The number of nitrogens with zero attached hydrogens (tertiary/aromatic N) is 1. The first-order chi connectivity index (χ1) is 12.2. The number of rotatable bonds is 8. The minimum atomic E-state index is 0.188. The minimum absolute atomic E-state index is 0.188. The number of halogens is 2. The van der Waals surface area contributed by atoms with Crippen LogP contribution in [0.5, 0.6) is 11.5 Å². The molecular weight excluding hydrogens is 359 g/mol. The summed E-state index contributed by atoms with van der Waals surface area (Å²) in [7, 11) is 0. The average Bonchev–Trinajstić information content (AvgIpc) is 2.60. The number of nitrogens with one attached hydrogen (secondary N) is 1. The minimum Gasteiger partial charge on any atom is -0.490 e. The number of ether oxygens (including phenoxy) is 2. The lowest BCUT2D eigenvalue weighted by Gasteiger charge is -2.11. The molecule has 0 heterocycles. The molecule has 4 nitrogen and oxygen atoms in total. The van der Waals surface area contributed by atoms with Crippen LogP contribution in [-0.4, -0.2) is 19.4 Å². The lowest BCUT2D eigenvalue weighted by atomic mass is 10.2. The molecule has 2 aromatic rings. The Bertz CT molecular complexity index is 765. The third-order valence-electron chi connectivity index (χ3n) is 3.20. The van der Waals surface area contributed by atoms with Crippen molar-refractivity contribution in [1.82, 2.24) is 5.43 Å². The molecule has 25 heavy (non-hydrogen) atoms. The van der Waals surface area contributed by atoms with Gasteiger partial charge in [0.1, 0.15) is 6.61 Å². The third kappa shape index (κ3) is 5.60. The highest BCUT2D eigenvalue weighted by atomic mass is 35.5. The Labute approximate surface area is 157 Å². The van der Waals surface area contributed by atoms with E-state index in [1.165, 1.54) is 0 Å². The van der Waals surface area contributed by atoms with Gasteiger partial charge in [-0.05, 0) is 42.8 Å². The number of benzene rings is 2. The molecule has 0 aliphatic carbocycles. The van der Waals surface area contributed by atoms with Gasteiger partial charge in [0.2, 0.25) is 0 Å². The molecule has 0 spiro atoms. The third-order valence-corrected chi connectivity index (χ3v) is 3.91. The summed E-state index contributed by atoms with van der Waals surface area (Å²) < 4.78 is 11.0. The maximum Gasteiger partial charge on any atom is 0.162 e. The van der Waals surface area contributed by atoms with Gasteiger partial charge in [0.05, 0.1) is 19.4 Å². The van der Waals surface area contributed by atoms with Gasteiger partial charge in [-0.2, -0.15) is 5.10 Å². The van der Waals surface area contributed by atoms with Crippen LogP contribution < -0.4 is 14.9 Å². The first-order valence-electron chi connectivity index (χ1n) is 7.67. The highest BCUT2D eigenvalue weighted by Crippen LogP contribution is 2.28. The van der Waals surface area contributed by atoms with E-state index in [2.05, 4.69) is 16.4 Å². The zero-order valence-corrected chi connectivity index (χ0v) is 15.3. The molecule has 0 unspecified atom stereocenters. The Morgan fingerprint density at radius 2 is 1.92 bits per heavy atom. The van der Waals surface area contributed by atoms with Gasteiger partial charge in [0.25, 0.3) is 0 Å². The normalized spacial score (nSPS) is 10.5. The maximum absolute atomic E-state index is 6.12. The molecule has 0 aliphatic rings. The van der Waals surface area contributed by atoms with Gasteiger partial charge < -0.3 is 14.9 Å². The standard InChI is InChI=1S/C19H18Cl2N2O2/c1-3-10-25-18-9-8-14(11-19(18)24-4-2)12-22-23-13-15-16(20)6-5-7-17(15)21/h1,5-9,11-12,23H,4,10,13H2,2H3/b22-12+. The second kappa shape index (κ2) is 9.83. The van der Waals surface area contributed by atoms with Crippen LogP contribution >= 0.6 is 23.2 Å². The van der Waals surface area contributed by atoms with Crippen molar-refractivity contribution in [3.05, 3.63) is 57.6 Å². The van der Waals surface area contributed by atoms with Crippen LogP contribution in [0.1, 0.15) is 18.1 Å². The van der Waals surface area contributed by atoms with Crippen molar-refractivity contribution >= 4 is 29.4 Å². The molecule has 0 saturated heterocycles. The summed E-state index contributed by atoms with van der Waals surface area (Å²) in [6.45, 7) is 3.04. The summed E-state index contributed by atoms with van der Waals surface area (Å²) in [5.74, 6) is 3.66. The SMILES string of the molecule is C#CCOc1ccc(/C=N/NCc2c(Cl)cccc2Cl)cc1OCC. The van der Waals surface area contributed by atoms with Gasteiger partial charge in [0, 0.05) is 15.6 Å². The molecule has 0 atom stereocenters. The van der Waals surface area contributed by atoms with Crippen LogP contribution in [0.15, 0.2) is 41.5 Å². The highest BCUT2D eigenvalue weighted by Gasteiger charge is 2.06. The molecule has 1 N–H and O–H groups in total. The topological polar surface area (TPSA) is 42.8 Å². The fraction of sp³-hybridized carbons (Fsp3) is 0.211. The van der Waals surface area contributed by atoms with Crippen molar-refractivity contribution < 1.29 is 9.47 Å². The molecule has 0 bridgehead atoms. The van der Waals surface area contributed by atoms with Crippen molar-refractivity contribution in [3.8, 4) is 23.8 Å². The summed E-state index contributed by atoms with van der Waals surface area (Å²) in [5, 5.41) is 5.39. The number of hydrazone groups is 1. The first kappa shape index (κ1) is 19.0. The summed E-state index contributed by atoms with van der Waals surface area (Å²) in [6, 6.07) is 10.9. The lowest BCUT2D eigenvalue weighted by Crippen LogP contribution is -2.07. The van der Waals surface area contributed by atoms with Crippen LogP contribution in [0.4, 0.5) is 0 Å². The average molecular weight is 377 g/mol. The molecule has 2 aromatic carbocycles. The van der Waals surface area contributed by atoms with Gasteiger partial charge in [-0.3, -0.25) is 0 Å². The van der Waals surface area contributed by atoms with E-state index in [-0.39, 0.29) is 6.61 Å². The molecule has 0 fully saturated rings. The highest BCUT2D eigenvalue weighted by molar-refractivity contribution is 6.35. The van der Waals surface area contributed by atoms with E-state index >= 15 is 0 Å². The predicted molar refractivity (Wildman–Crippen MR) is 103 cm³/mol. The monoisotopic (exact) mass is 376 g/mol. The summed E-state index contributed by atoms with van der Waals surface area (Å²) >= 11 is 12.2. The zero-order chi connectivity index (χ0) is 18.1. The molecule has 0 amide bonds. The number of hydrogen-bond acceptors (Lipinski definition) is 4. The van der Waals surface area contributed by atoms with E-state index in [1.807, 2.05) is 19.1 Å². The molecular formula is C19H18Cl2N2O2. The first-order valence-corrected chi connectivity index (χ1v) is 8.43. The van der Waals surface area contributed by atoms with Crippen molar-refractivity contribution in [3.63, 3.8) is 0 Å². The summed E-state index contributed by atoms with van der Waals surface area (Å²) in [5.41, 5.74) is 4.59. The van der Waals surface area contributed by atoms with E-state index in [4.69, 9.17) is 39.1 Å². The van der Waals surface area contributed by atoms with Gasteiger partial charge in [-0.15, -0.1) is 6.42 Å². The van der Waals surface area contributed by atoms with E-state index in [1.54, 1.807) is 30.5 Å². The molecule has 0 aliphatic heterocycles. The van der Waals surface area contributed by atoms with Gasteiger partial charge in [0.15, 0.2) is 11.5 Å². The molecule has 0 aromatic heterocycles. The Balaban J connectivity index is 2.03. The fourth-order valence-corrected chi connectivity index (χ4v) is 2.59. The van der Waals surface area contributed by atoms with Crippen LogP contribution in [-0.2, 0) is 6.54 Å². The number of hydrogen-bond donors (Lipinski definition) is 1.